The molecule has 19 heavy (non-hydrogen) atoms. The molecular formula is C14H16N2O3. The van der Waals surface area contributed by atoms with Crippen LogP contribution in [0.25, 0.3) is 0 Å². The number of rotatable bonds is 3. The second-order valence-electron chi connectivity index (χ2n) is 4.87. The molecule has 1 aromatic rings. The van der Waals surface area contributed by atoms with Gasteiger partial charge in [-0.3, -0.25) is 4.99 Å². The number of benzene rings is 1. The molecule has 0 aliphatic carbocycles. The molecule has 100 valence electrons. The fourth-order valence-electron chi connectivity index (χ4n) is 2.86. The summed E-state index contributed by atoms with van der Waals surface area (Å²) < 4.78 is 5.08. The zero-order valence-corrected chi connectivity index (χ0v) is 10.8. The predicted molar refractivity (Wildman–Crippen MR) is 71.1 cm³/mol. The molecule has 2 aliphatic rings. The maximum absolute atomic E-state index is 11.2. The Morgan fingerprint density at radius 1 is 1.53 bits per heavy atom. The molecule has 0 aromatic heterocycles. The molecule has 0 bridgehead atoms. The maximum atomic E-state index is 11.2. The van der Waals surface area contributed by atoms with E-state index in [1.165, 1.54) is 20.0 Å². The lowest BCUT2D eigenvalue weighted by molar-refractivity contribution is 0.0693. The van der Waals surface area contributed by atoms with Gasteiger partial charge in [-0.25, -0.2) is 4.79 Å². The van der Waals surface area contributed by atoms with E-state index in [2.05, 4.69) is 9.89 Å². The number of carboxylic acids is 1. The highest BCUT2D eigenvalue weighted by atomic mass is 16.5. The lowest BCUT2D eigenvalue weighted by Crippen LogP contribution is -2.31. The molecule has 0 saturated carbocycles. The van der Waals surface area contributed by atoms with Crippen molar-refractivity contribution in [2.24, 2.45) is 4.99 Å². The van der Waals surface area contributed by atoms with Crippen LogP contribution in [0.1, 0.15) is 28.8 Å². The van der Waals surface area contributed by atoms with Crippen molar-refractivity contribution in [3.63, 3.8) is 0 Å². The van der Waals surface area contributed by atoms with Crippen molar-refractivity contribution in [1.82, 2.24) is 4.90 Å². The van der Waals surface area contributed by atoms with Gasteiger partial charge in [0.05, 0.1) is 19.7 Å². The number of ether oxygens (including phenoxy) is 1. The summed E-state index contributed by atoms with van der Waals surface area (Å²) in [6.45, 7) is 1.84. The van der Waals surface area contributed by atoms with Crippen LogP contribution in [0.3, 0.4) is 0 Å². The summed E-state index contributed by atoms with van der Waals surface area (Å²) in [5.74, 6) is 0.329. The van der Waals surface area contributed by atoms with Crippen LogP contribution in [0, 0.1) is 0 Å². The van der Waals surface area contributed by atoms with Gasteiger partial charge in [0.25, 0.3) is 0 Å². The van der Waals surface area contributed by atoms with E-state index in [4.69, 9.17) is 4.74 Å². The molecule has 2 aliphatic heterocycles. The third kappa shape index (κ3) is 1.95. The molecule has 3 rings (SSSR count). The zero-order valence-electron chi connectivity index (χ0n) is 10.8. The van der Waals surface area contributed by atoms with Gasteiger partial charge in [-0.05, 0) is 31.0 Å². The van der Waals surface area contributed by atoms with Crippen LogP contribution in [0.4, 0.5) is 0 Å². The first-order chi connectivity index (χ1) is 9.20. The van der Waals surface area contributed by atoms with E-state index in [1.54, 1.807) is 12.1 Å². The molecule has 5 nitrogen and oxygen atoms in total. The zero-order chi connectivity index (χ0) is 13.4. The molecule has 0 radical (unpaired) electrons. The van der Waals surface area contributed by atoms with Crippen molar-refractivity contribution in [3.8, 4) is 5.75 Å². The molecule has 0 spiro atoms. The van der Waals surface area contributed by atoms with Crippen LogP contribution >= 0.6 is 0 Å². The topological polar surface area (TPSA) is 62.1 Å². The van der Waals surface area contributed by atoms with Gasteiger partial charge in [-0.15, -0.1) is 0 Å². The molecule has 0 amide bonds. The number of aliphatic imine (C=N–C) groups is 1. The monoisotopic (exact) mass is 260 g/mol. The lowest BCUT2D eigenvalue weighted by Gasteiger charge is -2.20. The quantitative estimate of drug-likeness (QED) is 0.897. The lowest BCUT2D eigenvalue weighted by atomic mass is 10.1. The van der Waals surface area contributed by atoms with Crippen LogP contribution in [-0.2, 0) is 0 Å². The van der Waals surface area contributed by atoms with Gasteiger partial charge in [-0.2, -0.15) is 0 Å². The number of hydrogen-bond acceptors (Lipinski definition) is 4. The van der Waals surface area contributed by atoms with E-state index in [1.807, 2.05) is 6.07 Å². The van der Waals surface area contributed by atoms with E-state index in [9.17, 15) is 9.90 Å². The number of hydrogen-bond donors (Lipinski definition) is 1. The number of fused-ring (bicyclic) bond motifs is 1. The number of amidine groups is 1. The SMILES string of the molecule is COc1ccc(C2=NC[C@H]3CCCN23)cc1C(=O)O. The number of carbonyl (C=O) groups is 1. The van der Waals surface area contributed by atoms with Crippen molar-refractivity contribution >= 4 is 11.8 Å². The number of carboxylic acid groups (broad SMARTS) is 1. The second-order valence-corrected chi connectivity index (χ2v) is 4.87. The van der Waals surface area contributed by atoms with Crippen LogP contribution in [0.15, 0.2) is 23.2 Å². The number of nitrogens with zero attached hydrogens (tertiary/aromatic N) is 2. The summed E-state index contributed by atoms with van der Waals surface area (Å²) in [6, 6.07) is 5.74. The van der Waals surface area contributed by atoms with E-state index in [0.29, 0.717) is 11.8 Å². The Labute approximate surface area is 111 Å². The molecule has 1 N–H and O–H groups in total. The van der Waals surface area contributed by atoms with Gasteiger partial charge in [0.2, 0.25) is 0 Å². The molecule has 2 heterocycles. The van der Waals surface area contributed by atoms with Gasteiger partial charge in [0.1, 0.15) is 17.1 Å². The van der Waals surface area contributed by atoms with E-state index in [-0.39, 0.29) is 5.56 Å². The Kier molecular flexibility index (Phi) is 2.89. The summed E-state index contributed by atoms with van der Waals surface area (Å²) in [5.41, 5.74) is 1.05. The smallest absolute Gasteiger partial charge is 0.339 e. The summed E-state index contributed by atoms with van der Waals surface area (Å²) in [7, 11) is 1.48. The molecule has 1 saturated heterocycles. The van der Waals surface area contributed by atoms with Crippen molar-refractivity contribution in [2.45, 2.75) is 18.9 Å². The number of aromatic carboxylic acids is 1. The normalized spacial score (nSPS) is 21.2. The highest BCUT2D eigenvalue weighted by Crippen LogP contribution is 2.28. The fourth-order valence-corrected chi connectivity index (χ4v) is 2.86. The van der Waals surface area contributed by atoms with Gasteiger partial charge in [0, 0.05) is 12.1 Å². The van der Waals surface area contributed by atoms with Gasteiger partial charge < -0.3 is 14.7 Å². The van der Waals surface area contributed by atoms with E-state index in [0.717, 1.165) is 24.5 Å². The van der Waals surface area contributed by atoms with Gasteiger partial charge >= 0.3 is 5.97 Å². The highest BCUT2D eigenvalue weighted by molar-refractivity contribution is 6.03. The van der Waals surface area contributed by atoms with Crippen molar-refractivity contribution in [1.29, 1.82) is 0 Å². The molecule has 1 aromatic carbocycles. The Hall–Kier alpha value is -2.04. The van der Waals surface area contributed by atoms with E-state index < -0.39 is 5.97 Å². The first-order valence-corrected chi connectivity index (χ1v) is 6.43. The average molecular weight is 260 g/mol. The Morgan fingerprint density at radius 3 is 3.11 bits per heavy atom. The van der Waals surface area contributed by atoms with E-state index >= 15 is 0 Å². The van der Waals surface area contributed by atoms with Crippen molar-refractivity contribution in [3.05, 3.63) is 29.3 Å². The van der Waals surface area contributed by atoms with Crippen LogP contribution < -0.4 is 4.74 Å². The van der Waals surface area contributed by atoms with Crippen LogP contribution in [0.5, 0.6) is 5.75 Å². The van der Waals surface area contributed by atoms with Gasteiger partial charge in [-0.1, -0.05) is 0 Å². The Morgan fingerprint density at radius 2 is 2.37 bits per heavy atom. The average Bonchev–Trinajstić information content (AvgIpc) is 3.00. The first kappa shape index (κ1) is 12.0. The Bertz CT molecular complexity index is 554. The number of methoxy groups -OCH3 is 1. The predicted octanol–water partition coefficient (Wildman–Crippen LogP) is 1.62. The third-order valence-corrected chi connectivity index (χ3v) is 3.79. The summed E-state index contributed by atoms with van der Waals surface area (Å²) in [6.07, 6.45) is 2.36. The molecular weight excluding hydrogens is 244 g/mol. The Balaban J connectivity index is 1.98. The molecule has 1 fully saturated rings. The largest absolute Gasteiger partial charge is 0.496 e. The molecule has 1 atom stereocenters. The van der Waals surface area contributed by atoms with Crippen molar-refractivity contribution in [2.75, 3.05) is 20.2 Å². The van der Waals surface area contributed by atoms with Crippen LogP contribution in [0.2, 0.25) is 0 Å². The molecule has 5 heteroatoms. The minimum atomic E-state index is -0.977. The standard InChI is InChI=1S/C14H16N2O3/c1-19-12-5-4-9(7-11(12)14(17)18)13-15-8-10-3-2-6-16(10)13/h4-5,7,10H,2-3,6,8H2,1H3,(H,17,18)/t10-/m1/s1. The van der Waals surface area contributed by atoms with Crippen LogP contribution in [-0.4, -0.2) is 48.1 Å². The fraction of sp³-hybridized carbons (Fsp3) is 0.429. The first-order valence-electron chi connectivity index (χ1n) is 6.43. The highest BCUT2D eigenvalue weighted by Gasteiger charge is 2.32. The summed E-state index contributed by atoms with van der Waals surface area (Å²) >= 11 is 0. The van der Waals surface area contributed by atoms with Gasteiger partial charge in [0.15, 0.2) is 0 Å². The summed E-state index contributed by atoms with van der Waals surface area (Å²) in [5, 5.41) is 9.22. The molecule has 0 unspecified atom stereocenters. The third-order valence-electron chi connectivity index (χ3n) is 3.79. The minimum absolute atomic E-state index is 0.186. The maximum Gasteiger partial charge on any atom is 0.339 e. The minimum Gasteiger partial charge on any atom is -0.496 e. The second kappa shape index (κ2) is 4.57. The van der Waals surface area contributed by atoms with Crippen molar-refractivity contribution < 1.29 is 14.6 Å². The summed E-state index contributed by atoms with van der Waals surface area (Å²) in [4.78, 5) is 18.1.